The second kappa shape index (κ2) is 7.20. The number of rotatable bonds is 5. The fraction of sp³-hybridized carbons (Fsp3) is 0.286. The normalized spacial score (nSPS) is 9.58. The van der Waals surface area contributed by atoms with Gasteiger partial charge in [-0.1, -0.05) is 12.6 Å². The van der Waals surface area contributed by atoms with Crippen molar-refractivity contribution in [2.45, 2.75) is 13.8 Å². The topological polar surface area (TPSA) is 67.4 Å². The third-order valence-corrected chi connectivity index (χ3v) is 2.59. The van der Waals surface area contributed by atoms with E-state index in [0.717, 1.165) is 11.1 Å². The van der Waals surface area contributed by atoms with Gasteiger partial charge in [-0.25, -0.2) is 0 Å². The molecule has 1 rings (SSSR count). The second-order valence-corrected chi connectivity index (χ2v) is 4.05. The summed E-state index contributed by atoms with van der Waals surface area (Å²) in [4.78, 5) is 23.0. The molecule has 0 heterocycles. The van der Waals surface area contributed by atoms with Crippen LogP contribution >= 0.6 is 0 Å². The Morgan fingerprint density at radius 1 is 1.26 bits per heavy atom. The summed E-state index contributed by atoms with van der Waals surface area (Å²) in [6, 6.07) is 5.47. The number of anilines is 1. The van der Waals surface area contributed by atoms with Gasteiger partial charge in [-0.2, -0.15) is 0 Å². The molecule has 102 valence electrons. The first-order valence-electron chi connectivity index (χ1n) is 5.93. The first-order chi connectivity index (χ1) is 9.04. The summed E-state index contributed by atoms with van der Waals surface area (Å²) in [5.74, 6) is -1.38. The standard InChI is InChI=1S/C14H18N2O3/c1-4-19-8-7-15-13(17)14(18)16-12-6-5-10(2)11(3)9-12/h4-6,9H,1,7-8H2,2-3H3,(H,15,17)(H,16,18). The highest BCUT2D eigenvalue weighted by molar-refractivity contribution is 6.39. The molecule has 5 heteroatoms. The number of aryl methyl sites for hydroxylation is 2. The Balaban J connectivity index is 2.47. The van der Waals surface area contributed by atoms with Crippen molar-refractivity contribution in [1.29, 1.82) is 0 Å². The van der Waals surface area contributed by atoms with Gasteiger partial charge in [-0.05, 0) is 37.1 Å². The van der Waals surface area contributed by atoms with Crippen LogP contribution in [0.3, 0.4) is 0 Å². The highest BCUT2D eigenvalue weighted by Gasteiger charge is 2.13. The van der Waals surface area contributed by atoms with Crippen LogP contribution in [0.1, 0.15) is 11.1 Å². The predicted molar refractivity (Wildman–Crippen MR) is 73.7 cm³/mol. The Kier molecular flexibility index (Phi) is 5.60. The molecule has 19 heavy (non-hydrogen) atoms. The Morgan fingerprint density at radius 2 is 2.00 bits per heavy atom. The van der Waals surface area contributed by atoms with Crippen LogP contribution in [0.5, 0.6) is 0 Å². The van der Waals surface area contributed by atoms with Crippen molar-refractivity contribution >= 4 is 17.5 Å². The molecule has 0 aliphatic rings. The van der Waals surface area contributed by atoms with Crippen LogP contribution in [-0.4, -0.2) is 25.0 Å². The molecule has 0 unspecified atom stereocenters. The van der Waals surface area contributed by atoms with Crippen LogP contribution in [0.2, 0.25) is 0 Å². The number of carbonyl (C=O) groups excluding carboxylic acids is 2. The minimum Gasteiger partial charge on any atom is -0.500 e. The molecule has 0 radical (unpaired) electrons. The largest absolute Gasteiger partial charge is 0.500 e. The van der Waals surface area contributed by atoms with Gasteiger partial charge in [0, 0.05) is 5.69 Å². The van der Waals surface area contributed by atoms with E-state index in [2.05, 4.69) is 17.2 Å². The number of benzene rings is 1. The summed E-state index contributed by atoms with van der Waals surface area (Å²) in [5, 5.41) is 4.98. The van der Waals surface area contributed by atoms with E-state index < -0.39 is 11.8 Å². The van der Waals surface area contributed by atoms with E-state index in [-0.39, 0.29) is 13.2 Å². The quantitative estimate of drug-likeness (QED) is 0.480. The first-order valence-corrected chi connectivity index (χ1v) is 5.93. The van der Waals surface area contributed by atoms with Gasteiger partial charge < -0.3 is 15.4 Å². The molecule has 1 aromatic carbocycles. The molecule has 5 nitrogen and oxygen atoms in total. The molecule has 1 aromatic rings. The van der Waals surface area contributed by atoms with Gasteiger partial charge >= 0.3 is 11.8 Å². The lowest BCUT2D eigenvalue weighted by molar-refractivity contribution is -0.136. The van der Waals surface area contributed by atoms with Gasteiger partial charge in [0.05, 0.1) is 12.8 Å². The molecule has 0 saturated carbocycles. The first kappa shape index (κ1) is 14.8. The van der Waals surface area contributed by atoms with E-state index in [1.807, 2.05) is 26.0 Å². The predicted octanol–water partition coefficient (Wildman–Crippen LogP) is 1.52. The lowest BCUT2D eigenvalue weighted by Crippen LogP contribution is -2.37. The van der Waals surface area contributed by atoms with Crippen molar-refractivity contribution < 1.29 is 14.3 Å². The van der Waals surface area contributed by atoms with Crippen LogP contribution in [0, 0.1) is 13.8 Å². The average Bonchev–Trinajstić information content (AvgIpc) is 2.38. The Labute approximate surface area is 112 Å². The number of hydrogen-bond acceptors (Lipinski definition) is 3. The molecule has 2 N–H and O–H groups in total. The minimum absolute atomic E-state index is 0.255. The van der Waals surface area contributed by atoms with E-state index >= 15 is 0 Å². The van der Waals surface area contributed by atoms with E-state index in [1.165, 1.54) is 6.26 Å². The summed E-state index contributed by atoms with van der Waals surface area (Å²) in [5.41, 5.74) is 2.78. The van der Waals surface area contributed by atoms with E-state index in [9.17, 15) is 9.59 Å². The fourth-order valence-electron chi connectivity index (χ4n) is 1.39. The van der Waals surface area contributed by atoms with Crippen LogP contribution in [0.15, 0.2) is 31.0 Å². The number of ether oxygens (including phenoxy) is 1. The lowest BCUT2D eigenvalue weighted by atomic mass is 10.1. The summed E-state index contributed by atoms with van der Waals surface area (Å²) < 4.78 is 4.83. The van der Waals surface area contributed by atoms with Gasteiger partial charge in [-0.15, -0.1) is 0 Å². The second-order valence-electron chi connectivity index (χ2n) is 4.05. The zero-order valence-electron chi connectivity index (χ0n) is 11.2. The lowest BCUT2D eigenvalue weighted by Gasteiger charge is -2.08. The van der Waals surface area contributed by atoms with E-state index in [4.69, 9.17) is 4.74 Å². The maximum absolute atomic E-state index is 11.6. The van der Waals surface area contributed by atoms with Crippen LogP contribution in [-0.2, 0) is 14.3 Å². The SMILES string of the molecule is C=COCCNC(=O)C(=O)Nc1ccc(C)c(C)c1. The van der Waals surface area contributed by atoms with Gasteiger partial charge in [0.15, 0.2) is 0 Å². The molecule has 0 atom stereocenters. The number of nitrogens with one attached hydrogen (secondary N) is 2. The third kappa shape index (κ3) is 4.83. The molecule has 0 fully saturated rings. The maximum atomic E-state index is 11.6. The van der Waals surface area contributed by atoms with Crippen molar-refractivity contribution in [2.75, 3.05) is 18.5 Å². The van der Waals surface area contributed by atoms with E-state index in [0.29, 0.717) is 5.69 Å². The smallest absolute Gasteiger partial charge is 0.313 e. The molecular weight excluding hydrogens is 244 g/mol. The van der Waals surface area contributed by atoms with Crippen LogP contribution in [0.4, 0.5) is 5.69 Å². The summed E-state index contributed by atoms with van der Waals surface area (Å²) in [6.45, 7) is 7.83. The zero-order valence-corrected chi connectivity index (χ0v) is 11.2. The Morgan fingerprint density at radius 3 is 2.63 bits per heavy atom. The highest BCUT2D eigenvalue weighted by atomic mass is 16.5. The van der Waals surface area contributed by atoms with Crippen molar-refractivity contribution in [3.63, 3.8) is 0 Å². The molecule has 0 aliphatic carbocycles. The number of hydrogen-bond donors (Lipinski definition) is 2. The molecular formula is C14H18N2O3. The zero-order chi connectivity index (χ0) is 14.3. The monoisotopic (exact) mass is 262 g/mol. The van der Waals surface area contributed by atoms with Crippen molar-refractivity contribution in [3.8, 4) is 0 Å². The number of carbonyl (C=O) groups is 2. The average molecular weight is 262 g/mol. The van der Waals surface area contributed by atoms with Crippen molar-refractivity contribution in [1.82, 2.24) is 5.32 Å². The van der Waals surface area contributed by atoms with Crippen LogP contribution < -0.4 is 10.6 Å². The molecule has 0 aliphatic heterocycles. The fourth-order valence-corrected chi connectivity index (χ4v) is 1.39. The van der Waals surface area contributed by atoms with Gasteiger partial charge in [0.1, 0.15) is 6.61 Å². The van der Waals surface area contributed by atoms with Gasteiger partial charge in [-0.3, -0.25) is 9.59 Å². The molecule has 0 aromatic heterocycles. The molecule has 2 amide bonds. The molecule has 0 saturated heterocycles. The number of amides is 2. The van der Waals surface area contributed by atoms with E-state index in [1.54, 1.807) is 6.07 Å². The Hall–Kier alpha value is -2.30. The summed E-state index contributed by atoms with van der Waals surface area (Å²) in [7, 11) is 0. The Bertz CT molecular complexity index is 484. The summed E-state index contributed by atoms with van der Waals surface area (Å²) >= 11 is 0. The molecule has 0 spiro atoms. The van der Waals surface area contributed by atoms with Gasteiger partial charge in [0.2, 0.25) is 0 Å². The van der Waals surface area contributed by atoms with Crippen LogP contribution in [0.25, 0.3) is 0 Å². The summed E-state index contributed by atoms with van der Waals surface area (Å²) in [6.07, 6.45) is 1.28. The third-order valence-electron chi connectivity index (χ3n) is 2.59. The van der Waals surface area contributed by atoms with Crippen molar-refractivity contribution in [2.24, 2.45) is 0 Å². The maximum Gasteiger partial charge on any atom is 0.313 e. The van der Waals surface area contributed by atoms with Crippen molar-refractivity contribution in [3.05, 3.63) is 42.2 Å². The minimum atomic E-state index is -0.693. The molecule has 0 bridgehead atoms. The highest BCUT2D eigenvalue weighted by Crippen LogP contribution is 2.13. The van der Waals surface area contributed by atoms with Gasteiger partial charge in [0.25, 0.3) is 0 Å².